The number of carboxylic acids is 1. The number of nitrogens with zero attached hydrogens (tertiary/aromatic N) is 1. The third-order valence-electron chi connectivity index (χ3n) is 3.13. The number of rotatable bonds is 5. The van der Waals surface area contributed by atoms with Crippen molar-refractivity contribution in [2.24, 2.45) is 0 Å². The minimum absolute atomic E-state index is 0.579. The van der Waals surface area contributed by atoms with Crippen LogP contribution in [0.15, 0.2) is 48.8 Å². The largest absolute Gasteiger partial charge is 0.497 e. The summed E-state index contributed by atoms with van der Waals surface area (Å²) in [5.41, 5.74) is -0.0194. The Bertz CT molecular complexity index is 601. The molecule has 1 aromatic carbocycles. The van der Waals surface area contributed by atoms with Gasteiger partial charge in [-0.05, 0) is 25.1 Å². The molecule has 0 saturated heterocycles. The van der Waals surface area contributed by atoms with Crippen molar-refractivity contribution < 1.29 is 14.6 Å². The fraction of sp³-hybridized carbons (Fsp3) is 0.200. The van der Waals surface area contributed by atoms with Crippen molar-refractivity contribution in [3.05, 3.63) is 54.4 Å². The number of aliphatic carboxylic acids is 1. The molecule has 0 aliphatic rings. The Morgan fingerprint density at radius 2 is 2.15 bits per heavy atom. The lowest BCUT2D eigenvalue weighted by Crippen LogP contribution is -2.40. The number of hydrogen-bond donors (Lipinski definition) is 2. The van der Waals surface area contributed by atoms with Crippen LogP contribution in [0.25, 0.3) is 0 Å². The summed E-state index contributed by atoms with van der Waals surface area (Å²) in [7, 11) is 1.57. The molecule has 1 aromatic heterocycles. The SMILES string of the molecule is COc1cccc(NC(C)(C(=O)O)c2cccnc2)c1. The molecule has 2 aromatic rings. The molecule has 0 saturated carbocycles. The van der Waals surface area contributed by atoms with E-state index >= 15 is 0 Å². The lowest BCUT2D eigenvalue weighted by molar-refractivity contribution is -0.142. The molecule has 1 heterocycles. The molecule has 0 aliphatic heterocycles. The van der Waals surface area contributed by atoms with E-state index in [1.165, 1.54) is 0 Å². The Kier molecular flexibility index (Phi) is 3.89. The molecule has 0 amide bonds. The van der Waals surface area contributed by atoms with Crippen LogP contribution in [0, 0.1) is 0 Å². The first-order valence-electron chi connectivity index (χ1n) is 6.12. The van der Waals surface area contributed by atoms with Gasteiger partial charge in [-0.25, -0.2) is 4.79 Å². The molecule has 1 atom stereocenters. The first-order chi connectivity index (χ1) is 9.56. The second-order valence-corrected chi connectivity index (χ2v) is 4.53. The number of pyridine rings is 1. The Balaban J connectivity index is 2.37. The number of ether oxygens (including phenoxy) is 1. The zero-order chi connectivity index (χ0) is 14.6. The smallest absolute Gasteiger partial charge is 0.333 e. The summed E-state index contributed by atoms with van der Waals surface area (Å²) in [6, 6.07) is 10.6. The van der Waals surface area contributed by atoms with E-state index in [9.17, 15) is 9.90 Å². The van der Waals surface area contributed by atoms with E-state index in [2.05, 4.69) is 10.3 Å². The van der Waals surface area contributed by atoms with E-state index in [0.29, 0.717) is 17.0 Å². The molecule has 0 aliphatic carbocycles. The highest BCUT2D eigenvalue weighted by atomic mass is 16.5. The molecule has 2 rings (SSSR count). The fourth-order valence-corrected chi connectivity index (χ4v) is 1.90. The predicted octanol–water partition coefficient (Wildman–Crippen LogP) is 2.50. The van der Waals surface area contributed by atoms with Gasteiger partial charge in [0, 0.05) is 29.7 Å². The van der Waals surface area contributed by atoms with Crippen molar-refractivity contribution in [1.29, 1.82) is 0 Å². The molecule has 5 heteroatoms. The summed E-state index contributed by atoms with van der Waals surface area (Å²) in [5, 5.41) is 12.6. The molecule has 0 radical (unpaired) electrons. The molecule has 104 valence electrons. The Morgan fingerprint density at radius 3 is 2.75 bits per heavy atom. The average molecular weight is 272 g/mol. The van der Waals surface area contributed by atoms with E-state index in [4.69, 9.17) is 4.74 Å². The van der Waals surface area contributed by atoms with Crippen LogP contribution in [0.1, 0.15) is 12.5 Å². The third-order valence-corrected chi connectivity index (χ3v) is 3.13. The minimum atomic E-state index is -1.26. The van der Waals surface area contributed by atoms with Crippen LogP contribution in [0.2, 0.25) is 0 Å². The molecular weight excluding hydrogens is 256 g/mol. The van der Waals surface area contributed by atoms with Gasteiger partial charge in [0.1, 0.15) is 5.75 Å². The number of methoxy groups -OCH3 is 1. The molecule has 1 unspecified atom stereocenters. The van der Waals surface area contributed by atoms with Crippen molar-refractivity contribution in [3.63, 3.8) is 0 Å². The Morgan fingerprint density at radius 1 is 1.35 bits per heavy atom. The van der Waals surface area contributed by atoms with Crippen molar-refractivity contribution in [2.75, 3.05) is 12.4 Å². The van der Waals surface area contributed by atoms with E-state index in [1.807, 2.05) is 0 Å². The molecule has 0 spiro atoms. The molecule has 0 fully saturated rings. The van der Waals surface area contributed by atoms with E-state index in [-0.39, 0.29) is 0 Å². The van der Waals surface area contributed by atoms with Crippen LogP contribution >= 0.6 is 0 Å². The average Bonchev–Trinajstić information content (AvgIpc) is 2.48. The van der Waals surface area contributed by atoms with Gasteiger partial charge in [0.25, 0.3) is 0 Å². The lowest BCUT2D eigenvalue weighted by atomic mass is 9.93. The highest BCUT2D eigenvalue weighted by molar-refractivity contribution is 5.84. The number of anilines is 1. The van der Waals surface area contributed by atoms with Gasteiger partial charge in [-0.15, -0.1) is 0 Å². The molecule has 0 bridgehead atoms. The van der Waals surface area contributed by atoms with Crippen LogP contribution in [-0.2, 0) is 10.3 Å². The number of carboxylic acid groups (broad SMARTS) is 1. The van der Waals surface area contributed by atoms with Gasteiger partial charge in [0.15, 0.2) is 5.54 Å². The maximum Gasteiger partial charge on any atom is 0.333 e. The van der Waals surface area contributed by atoms with Crippen molar-refractivity contribution >= 4 is 11.7 Å². The highest BCUT2D eigenvalue weighted by Gasteiger charge is 2.35. The number of hydrogen-bond acceptors (Lipinski definition) is 4. The summed E-state index contributed by atoms with van der Waals surface area (Å²) >= 11 is 0. The second-order valence-electron chi connectivity index (χ2n) is 4.53. The van der Waals surface area contributed by atoms with Crippen LogP contribution in [-0.4, -0.2) is 23.2 Å². The van der Waals surface area contributed by atoms with Gasteiger partial charge >= 0.3 is 5.97 Å². The standard InChI is InChI=1S/C15H16N2O3/c1-15(14(18)19,11-5-4-8-16-10-11)17-12-6-3-7-13(9-12)20-2/h3-10,17H,1-2H3,(H,18,19). The normalized spacial score (nSPS) is 13.3. The monoisotopic (exact) mass is 272 g/mol. The number of aromatic nitrogens is 1. The number of nitrogens with one attached hydrogen (secondary N) is 1. The van der Waals surface area contributed by atoms with Crippen molar-refractivity contribution in [1.82, 2.24) is 4.98 Å². The zero-order valence-electron chi connectivity index (χ0n) is 11.3. The van der Waals surface area contributed by atoms with Crippen LogP contribution in [0.4, 0.5) is 5.69 Å². The van der Waals surface area contributed by atoms with Gasteiger partial charge in [-0.3, -0.25) is 4.98 Å². The highest BCUT2D eigenvalue weighted by Crippen LogP contribution is 2.27. The first-order valence-corrected chi connectivity index (χ1v) is 6.12. The van der Waals surface area contributed by atoms with Crippen LogP contribution in [0.5, 0.6) is 5.75 Å². The fourth-order valence-electron chi connectivity index (χ4n) is 1.90. The summed E-state index contributed by atoms with van der Waals surface area (Å²) in [6.45, 7) is 1.60. The maximum atomic E-state index is 11.7. The van der Waals surface area contributed by atoms with Gasteiger partial charge < -0.3 is 15.2 Å². The maximum absolute atomic E-state index is 11.7. The summed E-state index contributed by atoms with van der Waals surface area (Å²) in [4.78, 5) is 15.6. The predicted molar refractivity (Wildman–Crippen MR) is 75.8 cm³/mol. The Hall–Kier alpha value is -2.56. The van der Waals surface area contributed by atoms with Crippen molar-refractivity contribution in [3.8, 4) is 5.75 Å². The summed E-state index contributed by atoms with van der Waals surface area (Å²) in [5.74, 6) is -0.317. The molecular formula is C15H16N2O3. The van der Waals surface area contributed by atoms with Crippen LogP contribution < -0.4 is 10.1 Å². The van der Waals surface area contributed by atoms with E-state index in [0.717, 1.165) is 0 Å². The molecule has 2 N–H and O–H groups in total. The van der Waals surface area contributed by atoms with Gasteiger partial charge in [-0.1, -0.05) is 12.1 Å². The number of carbonyl (C=O) groups is 1. The minimum Gasteiger partial charge on any atom is -0.497 e. The van der Waals surface area contributed by atoms with E-state index < -0.39 is 11.5 Å². The third kappa shape index (κ3) is 2.71. The quantitative estimate of drug-likeness (QED) is 0.875. The van der Waals surface area contributed by atoms with E-state index in [1.54, 1.807) is 62.8 Å². The Labute approximate surface area is 117 Å². The lowest BCUT2D eigenvalue weighted by Gasteiger charge is -2.27. The molecule has 20 heavy (non-hydrogen) atoms. The topological polar surface area (TPSA) is 71.5 Å². The first kappa shape index (κ1) is 13.9. The van der Waals surface area contributed by atoms with Crippen LogP contribution in [0.3, 0.4) is 0 Å². The van der Waals surface area contributed by atoms with Gasteiger partial charge in [-0.2, -0.15) is 0 Å². The summed E-state index contributed by atoms with van der Waals surface area (Å²) < 4.78 is 5.14. The number of benzene rings is 1. The zero-order valence-corrected chi connectivity index (χ0v) is 11.3. The van der Waals surface area contributed by atoms with Gasteiger partial charge in [0.05, 0.1) is 7.11 Å². The second kappa shape index (κ2) is 5.61. The summed E-state index contributed by atoms with van der Waals surface area (Å²) in [6.07, 6.45) is 3.15. The van der Waals surface area contributed by atoms with Crippen molar-refractivity contribution in [2.45, 2.75) is 12.5 Å². The molecule has 5 nitrogen and oxygen atoms in total. The van der Waals surface area contributed by atoms with Gasteiger partial charge in [0.2, 0.25) is 0 Å².